The van der Waals surface area contributed by atoms with Gasteiger partial charge in [0.1, 0.15) is 5.75 Å². The predicted octanol–water partition coefficient (Wildman–Crippen LogP) is -0.0665. The van der Waals surface area contributed by atoms with Crippen molar-refractivity contribution in [3.8, 4) is 17.0 Å². The molecule has 2 fully saturated rings. The number of primary amides is 1. The van der Waals surface area contributed by atoms with Crippen molar-refractivity contribution in [1.82, 2.24) is 4.98 Å². The van der Waals surface area contributed by atoms with Crippen LogP contribution in [-0.2, 0) is 41.2 Å². The topological polar surface area (TPSA) is 199 Å². The van der Waals surface area contributed by atoms with Crippen LogP contribution in [0.15, 0.2) is 30.5 Å². The first-order valence-electron chi connectivity index (χ1n) is 11.9. The SMILES string of the molecule is CS(=O)(=O)Cc1cc(-c2ccccn2)c2c(c1O)C(=O)C1C(=O)[C@]3(O)C(=O)C(C(N)=O)C(=O)C[C@@H]3C[C@@H]1C2. The van der Waals surface area contributed by atoms with Gasteiger partial charge in [-0.1, -0.05) is 6.07 Å². The Morgan fingerprint density at radius 1 is 1.16 bits per heavy atom. The Bertz CT molecular complexity index is 1550. The number of aromatic hydroxyl groups is 1. The molecule has 2 aromatic rings. The molecule has 11 nitrogen and oxygen atoms in total. The Morgan fingerprint density at radius 3 is 2.47 bits per heavy atom. The highest BCUT2D eigenvalue weighted by molar-refractivity contribution is 7.89. The van der Waals surface area contributed by atoms with Crippen molar-refractivity contribution in [3.05, 3.63) is 47.2 Å². The molecule has 3 aliphatic carbocycles. The summed E-state index contributed by atoms with van der Waals surface area (Å²) in [4.78, 5) is 69.2. The van der Waals surface area contributed by atoms with E-state index in [2.05, 4.69) is 4.98 Å². The molecule has 0 radical (unpaired) electrons. The van der Waals surface area contributed by atoms with Crippen molar-refractivity contribution >= 4 is 38.9 Å². The monoisotopic (exact) mass is 540 g/mol. The normalized spacial score (nSPS) is 28.9. The fraction of sp³-hybridized carbons (Fsp3) is 0.385. The third-order valence-corrected chi connectivity index (χ3v) is 8.68. The Hall–Kier alpha value is -3.77. The number of hydrogen-bond donors (Lipinski definition) is 3. The minimum absolute atomic E-state index is 0.0471. The first-order valence-corrected chi connectivity index (χ1v) is 14.0. The molecule has 1 aromatic carbocycles. The van der Waals surface area contributed by atoms with E-state index in [9.17, 15) is 42.6 Å². The lowest BCUT2D eigenvalue weighted by molar-refractivity contribution is -0.175. The summed E-state index contributed by atoms with van der Waals surface area (Å²) in [5.41, 5.74) is 3.28. The first-order chi connectivity index (χ1) is 17.8. The highest BCUT2D eigenvalue weighted by atomic mass is 32.2. The highest BCUT2D eigenvalue weighted by Gasteiger charge is 2.66. The van der Waals surface area contributed by atoms with E-state index in [4.69, 9.17) is 5.73 Å². The van der Waals surface area contributed by atoms with Crippen molar-refractivity contribution in [2.24, 2.45) is 29.4 Å². The van der Waals surface area contributed by atoms with Crippen molar-refractivity contribution in [3.63, 3.8) is 0 Å². The maximum absolute atomic E-state index is 13.9. The summed E-state index contributed by atoms with van der Waals surface area (Å²) in [5.74, 6) is -12.0. The van der Waals surface area contributed by atoms with Crippen molar-refractivity contribution in [2.45, 2.75) is 30.6 Å². The number of aromatic nitrogens is 1. The zero-order chi connectivity index (χ0) is 27.7. The number of carbonyl (C=O) groups is 5. The second kappa shape index (κ2) is 8.63. The molecule has 5 atom stereocenters. The summed E-state index contributed by atoms with van der Waals surface area (Å²) >= 11 is 0. The maximum Gasteiger partial charge on any atom is 0.235 e. The largest absolute Gasteiger partial charge is 0.507 e. The molecule has 198 valence electrons. The van der Waals surface area contributed by atoms with Gasteiger partial charge in [0.05, 0.1) is 22.9 Å². The summed E-state index contributed by atoms with van der Waals surface area (Å²) in [5, 5.41) is 22.4. The highest BCUT2D eigenvalue weighted by Crippen LogP contribution is 2.51. The average Bonchev–Trinajstić information content (AvgIpc) is 2.82. The van der Waals surface area contributed by atoms with Crippen LogP contribution in [0.25, 0.3) is 11.3 Å². The number of Topliss-reactive ketones (excluding diaryl/α,β-unsaturated/α-hetero) is 4. The molecule has 2 saturated carbocycles. The molecule has 3 aliphatic rings. The van der Waals surface area contributed by atoms with Gasteiger partial charge < -0.3 is 15.9 Å². The summed E-state index contributed by atoms with van der Waals surface area (Å²) in [6.45, 7) is 0. The number of rotatable bonds is 4. The Labute approximate surface area is 217 Å². The van der Waals surface area contributed by atoms with Crippen LogP contribution >= 0.6 is 0 Å². The quantitative estimate of drug-likeness (QED) is 0.441. The van der Waals surface area contributed by atoms with E-state index < -0.39 is 86.1 Å². The standard InChI is InChI=1S/C26H24N2O9S/c1-38(36,37)10-12-8-14(16-4-2-3-5-28-16)15-7-11-6-13-9-17(29)20(25(27)34)24(33)26(13,35)23(32)18(11)22(31)19(15)21(12)30/h2-5,8,11,13,18,20,30,35H,6-7,9-10H2,1H3,(H2,27,34)/t11-,13+,18?,20?,26+/m1/s1. The molecular formula is C26H24N2O9S. The van der Waals surface area contributed by atoms with E-state index in [0.717, 1.165) is 6.26 Å². The second-order valence-electron chi connectivity index (χ2n) is 10.3. The number of nitrogens with zero attached hydrogens (tertiary/aromatic N) is 1. The Morgan fingerprint density at radius 2 is 1.87 bits per heavy atom. The van der Waals surface area contributed by atoms with E-state index >= 15 is 0 Å². The van der Waals surface area contributed by atoms with Gasteiger partial charge >= 0.3 is 0 Å². The number of amides is 1. The van der Waals surface area contributed by atoms with Crippen molar-refractivity contribution in [1.29, 1.82) is 0 Å². The maximum atomic E-state index is 13.9. The van der Waals surface area contributed by atoms with Gasteiger partial charge in [0.15, 0.2) is 44.5 Å². The molecule has 1 aromatic heterocycles. The number of sulfone groups is 1. The van der Waals surface area contributed by atoms with Gasteiger partial charge in [-0.15, -0.1) is 0 Å². The zero-order valence-corrected chi connectivity index (χ0v) is 21.0. The van der Waals surface area contributed by atoms with Crippen LogP contribution in [0, 0.1) is 23.7 Å². The molecule has 5 rings (SSSR count). The fourth-order valence-corrected chi connectivity index (χ4v) is 7.02. The molecule has 4 N–H and O–H groups in total. The second-order valence-corrected chi connectivity index (χ2v) is 12.5. The lowest BCUT2D eigenvalue weighted by Crippen LogP contribution is -2.68. The van der Waals surface area contributed by atoms with Crippen molar-refractivity contribution < 1.29 is 42.6 Å². The molecule has 0 spiro atoms. The van der Waals surface area contributed by atoms with E-state index in [1.165, 1.54) is 12.3 Å². The summed E-state index contributed by atoms with van der Waals surface area (Å²) in [6, 6.07) is 6.48. The molecule has 0 aliphatic heterocycles. The lowest BCUT2D eigenvalue weighted by atomic mass is 9.53. The number of fused-ring (bicyclic) bond motifs is 3. The van der Waals surface area contributed by atoms with Gasteiger partial charge in [0, 0.05) is 35.9 Å². The minimum atomic E-state index is -3.65. The van der Waals surface area contributed by atoms with E-state index in [1.807, 2.05) is 0 Å². The Balaban J connectivity index is 1.68. The predicted molar refractivity (Wildman–Crippen MR) is 130 cm³/mol. The molecule has 12 heteroatoms. The third-order valence-electron chi connectivity index (χ3n) is 7.84. The molecule has 1 heterocycles. The number of phenols is 1. The van der Waals surface area contributed by atoms with Gasteiger partial charge in [-0.25, -0.2) is 8.42 Å². The van der Waals surface area contributed by atoms with Crippen LogP contribution in [-0.4, -0.2) is 64.5 Å². The van der Waals surface area contributed by atoms with E-state index in [0.29, 0.717) is 16.8 Å². The van der Waals surface area contributed by atoms with Crippen LogP contribution < -0.4 is 5.73 Å². The number of phenolic OH excluding ortho intramolecular Hbond substituents is 1. The lowest BCUT2D eigenvalue weighted by Gasteiger charge is -2.48. The molecule has 2 unspecified atom stereocenters. The Kier molecular flexibility index (Phi) is 5.88. The summed E-state index contributed by atoms with van der Waals surface area (Å²) in [6.07, 6.45) is 2.06. The average molecular weight is 541 g/mol. The van der Waals surface area contributed by atoms with Gasteiger partial charge in [-0.2, -0.15) is 0 Å². The van der Waals surface area contributed by atoms with Crippen LogP contribution in [0.5, 0.6) is 5.75 Å². The number of ketones is 4. The van der Waals surface area contributed by atoms with Crippen LogP contribution in [0.4, 0.5) is 0 Å². The van der Waals surface area contributed by atoms with Gasteiger partial charge in [0.2, 0.25) is 5.91 Å². The number of aliphatic hydroxyl groups is 1. The van der Waals surface area contributed by atoms with E-state index in [-0.39, 0.29) is 24.0 Å². The molecular weight excluding hydrogens is 516 g/mol. The molecule has 1 amide bonds. The first kappa shape index (κ1) is 25.9. The van der Waals surface area contributed by atoms with Crippen LogP contribution in [0.2, 0.25) is 0 Å². The fourth-order valence-electron chi connectivity index (χ4n) is 6.23. The van der Waals surface area contributed by atoms with Gasteiger partial charge in [-0.3, -0.25) is 29.0 Å². The summed E-state index contributed by atoms with van der Waals surface area (Å²) < 4.78 is 24.2. The van der Waals surface area contributed by atoms with Crippen LogP contribution in [0.3, 0.4) is 0 Å². The smallest absolute Gasteiger partial charge is 0.235 e. The minimum Gasteiger partial charge on any atom is -0.507 e. The van der Waals surface area contributed by atoms with E-state index in [1.54, 1.807) is 18.2 Å². The molecule has 38 heavy (non-hydrogen) atoms. The zero-order valence-electron chi connectivity index (χ0n) is 20.2. The van der Waals surface area contributed by atoms with Gasteiger partial charge in [0.25, 0.3) is 0 Å². The summed E-state index contributed by atoms with van der Waals surface area (Å²) in [7, 11) is -3.65. The van der Waals surface area contributed by atoms with Crippen molar-refractivity contribution in [2.75, 3.05) is 6.26 Å². The van der Waals surface area contributed by atoms with Crippen LogP contribution in [0.1, 0.15) is 34.3 Å². The molecule has 0 bridgehead atoms. The number of carbonyl (C=O) groups excluding carboxylic acids is 5. The number of hydrogen-bond acceptors (Lipinski definition) is 10. The third kappa shape index (κ3) is 3.78. The number of benzene rings is 1. The molecule has 0 saturated heterocycles. The number of nitrogens with two attached hydrogens (primary N) is 1. The number of pyridine rings is 1. The van der Waals surface area contributed by atoms with Gasteiger partial charge in [-0.05, 0) is 42.5 Å².